The molecule has 0 bridgehead atoms. The molecule has 6 nitrogen and oxygen atoms in total. The maximum absolute atomic E-state index is 7.80. The van der Waals surface area contributed by atoms with Crippen molar-refractivity contribution in [2.24, 2.45) is 0 Å². The molecule has 0 spiro atoms. The van der Waals surface area contributed by atoms with Crippen LogP contribution in [-0.2, 0) is 18.9 Å². The average molecular weight is 353 g/mol. The molecular formula is C14H22Cl2N2O4. The number of methoxy groups -OCH3 is 2. The normalized spacial score (nSPS) is 9.18. The maximum atomic E-state index is 7.80. The number of ether oxygens (including phenoxy) is 4. The molecule has 8 heteroatoms. The van der Waals surface area contributed by atoms with Crippen LogP contribution in [0.1, 0.15) is 11.1 Å². The first-order valence-corrected chi connectivity index (χ1v) is 6.20. The molecule has 1 aromatic rings. The lowest BCUT2D eigenvalue weighted by atomic mass is 10.1. The van der Waals surface area contributed by atoms with Crippen LogP contribution in [-0.4, -0.2) is 52.4 Å². The fourth-order valence-corrected chi connectivity index (χ4v) is 1.42. The Morgan fingerprint density at radius 2 is 1.23 bits per heavy atom. The first kappa shape index (κ1) is 22.9. The predicted molar refractivity (Wildman–Crippen MR) is 90.3 cm³/mol. The topological polar surface area (TPSA) is 84.6 Å². The minimum Gasteiger partial charge on any atom is -0.475 e. The molecule has 0 saturated carbocycles. The Bertz CT molecular complexity index is 421. The van der Waals surface area contributed by atoms with E-state index in [1.807, 2.05) is 0 Å². The van der Waals surface area contributed by atoms with E-state index in [0.29, 0.717) is 37.6 Å². The Hall–Kier alpha value is -1.34. The van der Waals surface area contributed by atoms with Crippen LogP contribution in [0.4, 0.5) is 0 Å². The molecule has 0 radical (unpaired) electrons. The van der Waals surface area contributed by atoms with Gasteiger partial charge in [0.05, 0.1) is 13.2 Å². The van der Waals surface area contributed by atoms with Crippen LogP contribution in [0.3, 0.4) is 0 Å². The molecule has 22 heavy (non-hydrogen) atoms. The highest BCUT2D eigenvalue weighted by Crippen LogP contribution is 2.08. The second kappa shape index (κ2) is 13.3. The molecule has 0 saturated heterocycles. The summed E-state index contributed by atoms with van der Waals surface area (Å²) in [5, 5.41) is 15.6. The second-order valence-corrected chi connectivity index (χ2v) is 3.92. The molecule has 0 aromatic heterocycles. The van der Waals surface area contributed by atoms with Gasteiger partial charge in [0.2, 0.25) is 11.8 Å². The SMILES string of the molecule is COCCOC(=N)c1cccc(C(=N)OCCOC)c1.Cl.Cl. The highest BCUT2D eigenvalue weighted by atomic mass is 35.5. The molecule has 0 amide bonds. The quantitative estimate of drug-likeness (QED) is 0.427. The first-order chi connectivity index (χ1) is 9.69. The van der Waals surface area contributed by atoms with Crippen LogP contribution >= 0.6 is 24.8 Å². The highest BCUT2D eigenvalue weighted by molar-refractivity contribution is 5.97. The number of hydrogen-bond donors (Lipinski definition) is 2. The Labute approximate surface area is 142 Å². The number of rotatable bonds is 8. The summed E-state index contributed by atoms with van der Waals surface area (Å²) in [6.07, 6.45) is 0. The summed E-state index contributed by atoms with van der Waals surface area (Å²) in [5.74, 6) is 0.0992. The van der Waals surface area contributed by atoms with Gasteiger partial charge in [0.1, 0.15) is 13.2 Å². The summed E-state index contributed by atoms with van der Waals surface area (Å²) in [7, 11) is 3.15. The number of benzene rings is 1. The van der Waals surface area contributed by atoms with E-state index >= 15 is 0 Å². The van der Waals surface area contributed by atoms with E-state index < -0.39 is 0 Å². The molecule has 1 aromatic carbocycles. The van der Waals surface area contributed by atoms with Crippen molar-refractivity contribution in [2.45, 2.75) is 0 Å². The molecule has 0 heterocycles. The zero-order valence-electron chi connectivity index (χ0n) is 12.6. The molecule has 0 aliphatic carbocycles. The lowest BCUT2D eigenvalue weighted by Gasteiger charge is -2.10. The second-order valence-electron chi connectivity index (χ2n) is 3.92. The van der Waals surface area contributed by atoms with Crippen molar-refractivity contribution >= 4 is 36.6 Å². The van der Waals surface area contributed by atoms with E-state index in [1.54, 1.807) is 38.5 Å². The summed E-state index contributed by atoms with van der Waals surface area (Å²) in [4.78, 5) is 0. The van der Waals surface area contributed by atoms with E-state index in [4.69, 9.17) is 29.8 Å². The number of nitrogens with one attached hydrogen (secondary N) is 2. The van der Waals surface area contributed by atoms with Gasteiger partial charge in [0.25, 0.3) is 0 Å². The molecule has 0 unspecified atom stereocenters. The predicted octanol–water partition coefficient (Wildman–Crippen LogP) is 2.51. The van der Waals surface area contributed by atoms with Gasteiger partial charge in [-0.25, -0.2) is 0 Å². The monoisotopic (exact) mass is 352 g/mol. The van der Waals surface area contributed by atoms with Gasteiger partial charge >= 0.3 is 0 Å². The van der Waals surface area contributed by atoms with Crippen LogP contribution < -0.4 is 0 Å². The third-order valence-electron chi connectivity index (χ3n) is 2.45. The van der Waals surface area contributed by atoms with Gasteiger partial charge in [0.15, 0.2) is 0 Å². The summed E-state index contributed by atoms with van der Waals surface area (Å²) < 4.78 is 20.2. The lowest BCUT2D eigenvalue weighted by Crippen LogP contribution is -2.13. The van der Waals surface area contributed by atoms with Crippen molar-refractivity contribution in [1.82, 2.24) is 0 Å². The standard InChI is InChI=1S/C14H20N2O4.2ClH/c1-17-6-8-19-13(15)11-4-3-5-12(10-11)14(16)20-9-7-18-2;;/h3-5,10,15-16H,6-9H2,1-2H3;2*1H. The van der Waals surface area contributed by atoms with E-state index in [0.717, 1.165) is 0 Å². The minimum absolute atomic E-state index is 0. The van der Waals surface area contributed by atoms with E-state index in [2.05, 4.69) is 0 Å². The van der Waals surface area contributed by atoms with Gasteiger partial charge in [-0.1, -0.05) is 6.07 Å². The summed E-state index contributed by atoms with van der Waals surface area (Å²) in [6, 6.07) is 6.94. The molecule has 0 aliphatic heterocycles. The van der Waals surface area contributed by atoms with Gasteiger partial charge in [-0.2, -0.15) is 0 Å². The molecule has 2 N–H and O–H groups in total. The Balaban J connectivity index is 0. The lowest BCUT2D eigenvalue weighted by molar-refractivity contribution is 0.140. The largest absolute Gasteiger partial charge is 0.475 e. The maximum Gasteiger partial charge on any atom is 0.213 e. The fraction of sp³-hybridized carbons (Fsp3) is 0.429. The third kappa shape index (κ3) is 8.19. The van der Waals surface area contributed by atoms with Crippen molar-refractivity contribution in [3.05, 3.63) is 35.4 Å². The average Bonchev–Trinajstić information content (AvgIpc) is 2.47. The molecule has 126 valence electrons. The zero-order chi connectivity index (χ0) is 14.8. The van der Waals surface area contributed by atoms with E-state index in [1.165, 1.54) is 0 Å². The minimum atomic E-state index is 0. The van der Waals surface area contributed by atoms with Gasteiger partial charge in [-0.15, -0.1) is 24.8 Å². The van der Waals surface area contributed by atoms with Crippen molar-refractivity contribution in [3.8, 4) is 0 Å². The molecule has 0 aliphatic rings. The Morgan fingerprint density at radius 3 is 1.59 bits per heavy atom. The summed E-state index contributed by atoms with van der Waals surface area (Å²) in [6.45, 7) is 1.50. The Morgan fingerprint density at radius 1 is 0.818 bits per heavy atom. The zero-order valence-corrected chi connectivity index (χ0v) is 14.2. The van der Waals surface area contributed by atoms with E-state index in [9.17, 15) is 0 Å². The van der Waals surface area contributed by atoms with Crippen LogP contribution in [0, 0.1) is 10.8 Å². The smallest absolute Gasteiger partial charge is 0.213 e. The van der Waals surface area contributed by atoms with Crippen molar-refractivity contribution in [1.29, 1.82) is 10.8 Å². The number of hydrogen-bond acceptors (Lipinski definition) is 6. The Kier molecular flexibility index (Phi) is 13.9. The molecule has 0 atom stereocenters. The van der Waals surface area contributed by atoms with Gasteiger partial charge in [-0.05, 0) is 18.2 Å². The number of halogens is 2. The summed E-state index contributed by atoms with van der Waals surface area (Å²) >= 11 is 0. The van der Waals surface area contributed by atoms with Gasteiger partial charge < -0.3 is 18.9 Å². The molecule has 0 fully saturated rings. The third-order valence-corrected chi connectivity index (χ3v) is 2.45. The van der Waals surface area contributed by atoms with Crippen molar-refractivity contribution in [2.75, 3.05) is 40.6 Å². The highest BCUT2D eigenvalue weighted by Gasteiger charge is 2.07. The van der Waals surface area contributed by atoms with Crippen LogP contribution in [0.15, 0.2) is 24.3 Å². The molecule has 1 rings (SSSR count). The van der Waals surface area contributed by atoms with Crippen LogP contribution in [0.5, 0.6) is 0 Å². The van der Waals surface area contributed by atoms with E-state index in [-0.39, 0.29) is 36.6 Å². The fourth-order valence-electron chi connectivity index (χ4n) is 1.42. The summed E-state index contributed by atoms with van der Waals surface area (Å²) in [5.41, 5.74) is 1.19. The van der Waals surface area contributed by atoms with Gasteiger partial charge in [-0.3, -0.25) is 10.8 Å². The van der Waals surface area contributed by atoms with Crippen molar-refractivity contribution in [3.63, 3.8) is 0 Å². The molecular weight excluding hydrogens is 331 g/mol. The van der Waals surface area contributed by atoms with Crippen LogP contribution in [0.2, 0.25) is 0 Å². The van der Waals surface area contributed by atoms with Crippen LogP contribution in [0.25, 0.3) is 0 Å². The van der Waals surface area contributed by atoms with Crippen molar-refractivity contribution < 1.29 is 18.9 Å². The first-order valence-electron chi connectivity index (χ1n) is 6.20. The van der Waals surface area contributed by atoms with Gasteiger partial charge in [0, 0.05) is 25.3 Å².